The van der Waals surface area contributed by atoms with Gasteiger partial charge in [-0.3, -0.25) is 14.6 Å². The number of alkyl carbamates (subject to hydrolysis) is 1. The SMILES string of the molecule is CC(C)(C)OC(=O)N[C@@H](CO/N=C/c1cccnc1)C(=O)N1CCC[C@H]1C(N)=O. The second kappa shape index (κ2) is 9.85. The molecule has 2 atom stereocenters. The van der Waals surface area contributed by atoms with Crippen molar-refractivity contribution >= 4 is 24.1 Å². The normalized spacial score (nSPS) is 17.8. The minimum atomic E-state index is -1.09. The lowest BCUT2D eigenvalue weighted by Crippen LogP contribution is -2.54. The van der Waals surface area contributed by atoms with E-state index < -0.39 is 35.6 Å². The Morgan fingerprint density at radius 2 is 2.21 bits per heavy atom. The second-order valence-corrected chi connectivity index (χ2v) is 7.61. The minimum Gasteiger partial charge on any atom is -0.444 e. The number of aromatic nitrogens is 1. The number of carbonyl (C=O) groups excluding carboxylic acids is 3. The first-order valence-corrected chi connectivity index (χ1v) is 9.32. The second-order valence-electron chi connectivity index (χ2n) is 7.61. The maximum absolute atomic E-state index is 12.9. The minimum absolute atomic E-state index is 0.239. The van der Waals surface area contributed by atoms with Crippen molar-refractivity contribution in [2.45, 2.75) is 51.3 Å². The van der Waals surface area contributed by atoms with E-state index in [0.29, 0.717) is 24.9 Å². The molecular weight excluding hydrogens is 378 g/mol. The van der Waals surface area contributed by atoms with Gasteiger partial charge >= 0.3 is 6.09 Å². The Kier molecular flexibility index (Phi) is 7.52. The molecule has 1 aliphatic rings. The summed E-state index contributed by atoms with van der Waals surface area (Å²) in [6, 6.07) is 1.73. The van der Waals surface area contributed by atoms with Crippen molar-refractivity contribution < 1.29 is 24.0 Å². The standard InChI is InChI=1S/C19H27N5O5/c1-19(2,3)29-18(27)23-14(12-28-22-11-13-6-4-8-21-10-13)17(26)24-9-5-7-15(24)16(20)25/h4,6,8,10-11,14-15H,5,7,9,12H2,1-3H3,(H2,20,25)(H,23,27)/b22-11+/t14-,15-/m0/s1. The number of primary amides is 1. The van der Waals surface area contributed by atoms with Gasteiger partial charge in [-0.25, -0.2) is 4.79 Å². The molecule has 158 valence electrons. The Morgan fingerprint density at radius 3 is 2.83 bits per heavy atom. The van der Waals surface area contributed by atoms with E-state index in [9.17, 15) is 14.4 Å². The van der Waals surface area contributed by atoms with E-state index in [1.165, 1.54) is 11.1 Å². The molecule has 3 N–H and O–H groups in total. The summed E-state index contributed by atoms with van der Waals surface area (Å²) in [6.45, 7) is 5.26. The summed E-state index contributed by atoms with van der Waals surface area (Å²) < 4.78 is 5.22. The van der Waals surface area contributed by atoms with Crippen LogP contribution < -0.4 is 11.1 Å². The number of nitrogens with one attached hydrogen (secondary N) is 1. The van der Waals surface area contributed by atoms with Crippen LogP contribution >= 0.6 is 0 Å². The first-order valence-electron chi connectivity index (χ1n) is 9.32. The van der Waals surface area contributed by atoms with E-state index in [1.54, 1.807) is 45.3 Å². The van der Waals surface area contributed by atoms with Crippen molar-refractivity contribution in [1.82, 2.24) is 15.2 Å². The predicted molar refractivity (Wildman–Crippen MR) is 105 cm³/mol. The van der Waals surface area contributed by atoms with Crippen LogP contribution in [0.3, 0.4) is 0 Å². The van der Waals surface area contributed by atoms with Gasteiger partial charge in [-0.15, -0.1) is 0 Å². The molecule has 1 fully saturated rings. The lowest BCUT2D eigenvalue weighted by atomic mass is 10.2. The first-order chi connectivity index (χ1) is 13.7. The number of ether oxygens (including phenoxy) is 1. The molecule has 0 aliphatic carbocycles. The molecule has 0 spiro atoms. The van der Waals surface area contributed by atoms with Crippen molar-refractivity contribution in [3.63, 3.8) is 0 Å². The van der Waals surface area contributed by atoms with Crippen LogP contribution in [0.25, 0.3) is 0 Å². The third-order valence-corrected chi connectivity index (χ3v) is 4.06. The highest BCUT2D eigenvalue weighted by Crippen LogP contribution is 2.18. The van der Waals surface area contributed by atoms with Gasteiger partial charge in [-0.05, 0) is 39.7 Å². The highest BCUT2D eigenvalue weighted by Gasteiger charge is 2.37. The average Bonchev–Trinajstić information content (AvgIpc) is 3.13. The summed E-state index contributed by atoms with van der Waals surface area (Å²) in [7, 11) is 0. The van der Waals surface area contributed by atoms with Gasteiger partial charge in [0.05, 0.1) is 6.21 Å². The van der Waals surface area contributed by atoms with Crippen LogP contribution in [0.5, 0.6) is 0 Å². The molecule has 1 saturated heterocycles. The summed E-state index contributed by atoms with van der Waals surface area (Å²) in [4.78, 5) is 47.2. The lowest BCUT2D eigenvalue weighted by Gasteiger charge is -2.28. The topological polar surface area (TPSA) is 136 Å². The fraction of sp³-hybridized carbons (Fsp3) is 0.526. The highest BCUT2D eigenvalue weighted by atomic mass is 16.6. The van der Waals surface area contributed by atoms with Gasteiger partial charge in [0.15, 0.2) is 0 Å². The fourth-order valence-electron chi connectivity index (χ4n) is 2.82. The Labute approximate surface area is 169 Å². The third kappa shape index (κ3) is 7.05. The molecule has 10 nitrogen and oxygen atoms in total. The van der Waals surface area contributed by atoms with Crippen LogP contribution in [0, 0.1) is 0 Å². The van der Waals surface area contributed by atoms with Gasteiger partial charge < -0.3 is 25.5 Å². The molecule has 2 rings (SSSR count). The zero-order valence-electron chi connectivity index (χ0n) is 16.8. The van der Waals surface area contributed by atoms with E-state index in [0.717, 1.165) is 0 Å². The molecule has 3 amide bonds. The molecule has 0 bridgehead atoms. The van der Waals surface area contributed by atoms with Crippen LogP contribution in [0.15, 0.2) is 29.7 Å². The number of nitrogens with two attached hydrogens (primary N) is 1. The fourth-order valence-corrected chi connectivity index (χ4v) is 2.82. The van der Waals surface area contributed by atoms with Gasteiger partial charge in [0, 0.05) is 24.5 Å². The van der Waals surface area contributed by atoms with E-state index in [4.69, 9.17) is 15.3 Å². The molecule has 0 unspecified atom stereocenters. The van der Waals surface area contributed by atoms with Crippen LogP contribution in [-0.4, -0.2) is 64.8 Å². The molecule has 1 aromatic rings. The number of nitrogens with zero attached hydrogens (tertiary/aromatic N) is 3. The molecule has 2 heterocycles. The summed E-state index contributed by atoms with van der Waals surface area (Å²) in [6.07, 6.45) is 5.02. The number of pyridine rings is 1. The van der Waals surface area contributed by atoms with Crippen LogP contribution in [0.1, 0.15) is 39.2 Å². The third-order valence-electron chi connectivity index (χ3n) is 4.06. The number of likely N-dealkylation sites (tertiary alicyclic amines) is 1. The Balaban J connectivity index is 2.05. The quantitative estimate of drug-likeness (QED) is 0.509. The molecule has 1 aliphatic heterocycles. The van der Waals surface area contributed by atoms with Crippen molar-refractivity contribution in [2.24, 2.45) is 10.9 Å². The van der Waals surface area contributed by atoms with Gasteiger partial charge in [-0.1, -0.05) is 11.2 Å². The summed E-state index contributed by atoms with van der Waals surface area (Å²) in [5.74, 6) is -1.06. The van der Waals surface area contributed by atoms with Gasteiger partial charge in [0.25, 0.3) is 0 Å². The summed E-state index contributed by atoms with van der Waals surface area (Å²) in [5.41, 5.74) is 5.37. The average molecular weight is 405 g/mol. The Bertz CT molecular complexity index is 747. The van der Waals surface area contributed by atoms with E-state index in [1.807, 2.05) is 0 Å². The van der Waals surface area contributed by atoms with Crippen LogP contribution in [-0.2, 0) is 19.2 Å². The van der Waals surface area contributed by atoms with Crippen molar-refractivity contribution in [2.75, 3.05) is 13.2 Å². The Hall–Kier alpha value is -3.17. The van der Waals surface area contributed by atoms with E-state index >= 15 is 0 Å². The smallest absolute Gasteiger partial charge is 0.408 e. The number of amides is 3. The zero-order chi connectivity index (χ0) is 21.4. The Morgan fingerprint density at radius 1 is 1.45 bits per heavy atom. The molecule has 0 radical (unpaired) electrons. The van der Waals surface area contributed by atoms with Crippen molar-refractivity contribution in [1.29, 1.82) is 0 Å². The predicted octanol–water partition coefficient (Wildman–Crippen LogP) is 0.802. The van der Waals surface area contributed by atoms with Gasteiger partial charge in [0.2, 0.25) is 11.8 Å². The molecule has 0 aromatic carbocycles. The van der Waals surface area contributed by atoms with E-state index in [-0.39, 0.29) is 6.61 Å². The van der Waals surface area contributed by atoms with Crippen molar-refractivity contribution in [3.8, 4) is 0 Å². The molecule has 10 heteroatoms. The summed E-state index contributed by atoms with van der Waals surface area (Å²) >= 11 is 0. The number of hydrogen-bond donors (Lipinski definition) is 2. The van der Waals surface area contributed by atoms with Crippen LogP contribution in [0.2, 0.25) is 0 Å². The van der Waals surface area contributed by atoms with Crippen LogP contribution in [0.4, 0.5) is 4.79 Å². The van der Waals surface area contributed by atoms with Gasteiger partial charge in [0.1, 0.15) is 24.3 Å². The molecular formula is C19H27N5O5. The summed E-state index contributed by atoms with van der Waals surface area (Å²) in [5, 5.41) is 6.30. The zero-order valence-corrected chi connectivity index (χ0v) is 16.8. The number of rotatable bonds is 7. The number of carbonyl (C=O) groups is 3. The maximum Gasteiger partial charge on any atom is 0.408 e. The van der Waals surface area contributed by atoms with E-state index in [2.05, 4.69) is 15.5 Å². The molecule has 29 heavy (non-hydrogen) atoms. The number of oxime groups is 1. The maximum atomic E-state index is 12.9. The van der Waals surface area contributed by atoms with Gasteiger partial charge in [-0.2, -0.15) is 0 Å². The highest BCUT2D eigenvalue weighted by molar-refractivity contribution is 5.91. The lowest BCUT2D eigenvalue weighted by molar-refractivity contribution is -0.140. The monoisotopic (exact) mass is 405 g/mol. The number of hydrogen-bond acceptors (Lipinski definition) is 7. The first kappa shape index (κ1) is 22.1. The largest absolute Gasteiger partial charge is 0.444 e. The molecule has 0 saturated carbocycles. The molecule has 1 aromatic heterocycles. The van der Waals surface area contributed by atoms with Crippen molar-refractivity contribution in [3.05, 3.63) is 30.1 Å².